The Hall–Kier alpha value is -3.33. The van der Waals surface area contributed by atoms with Crippen molar-refractivity contribution in [1.82, 2.24) is 9.78 Å². The number of hydrogen-bond donors (Lipinski definition) is 1. The van der Waals surface area contributed by atoms with Crippen LogP contribution in [0.5, 0.6) is 0 Å². The molecule has 1 heterocycles. The number of amides is 1. The number of aromatic nitrogens is 2. The highest BCUT2D eigenvalue weighted by Crippen LogP contribution is 2.23. The van der Waals surface area contributed by atoms with Gasteiger partial charge < -0.3 is 9.47 Å². The van der Waals surface area contributed by atoms with Crippen LogP contribution in [0.4, 0.5) is 10.5 Å². The quantitative estimate of drug-likeness (QED) is 0.175. The zero-order valence-corrected chi connectivity index (χ0v) is 25.0. The third-order valence-electron chi connectivity index (χ3n) is 6.33. The number of nitrogens with zero attached hydrogens (tertiary/aromatic N) is 2. The normalized spacial score (nSPS) is 12.2. The first-order valence-electron chi connectivity index (χ1n) is 13.9. The average Bonchev–Trinajstić information content (AvgIpc) is 2.89. The molecule has 2 aromatic carbocycles. The number of thioether (sulfide) groups is 1. The molecule has 0 spiro atoms. The van der Waals surface area contributed by atoms with Gasteiger partial charge in [0.25, 0.3) is 5.56 Å². The molecule has 0 saturated heterocycles. The van der Waals surface area contributed by atoms with E-state index in [4.69, 9.17) is 9.47 Å². The van der Waals surface area contributed by atoms with Gasteiger partial charge in [-0.3, -0.25) is 14.9 Å². The summed E-state index contributed by atoms with van der Waals surface area (Å²) in [6.45, 7) is 10.5. The zero-order valence-electron chi connectivity index (χ0n) is 24.2. The third kappa shape index (κ3) is 10.0. The summed E-state index contributed by atoms with van der Waals surface area (Å²) in [5.41, 5.74) is 0.599. The lowest BCUT2D eigenvalue weighted by Gasteiger charge is -2.19. The Morgan fingerprint density at radius 3 is 2.65 bits per heavy atom. The molecule has 0 saturated carbocycles. The number of hydrogen-bond acceptors (Lipinski definition) is 7. The van der Waals surface area contributed by atoms with E-state index in [1.54, 1.807) is 56.9 Å². The van der Waals surface area contributed by atoms with Crippen molar-refractivity contribution in [3.8, 4) is 0 Å². The topological polar surface area (TPSA) is 99.5 Å². The summed E-state index contributed by atoms with van der Waals surface area (Å²) in [6, 6.07) is 12.9. The van der Waals surface area contributed by atoms with Crippen LogP contribution in [0.2, 0.25) is 0 Å². The molecule has 40 heavy (non-hydrogen) atoms. The second-order valence-corrected chi connectivity index (χ2v) is 12.1. The highest BCUT2D eigenvalue weighted by atomic mass is 32.2. The Bertz CT molecular complexity index is 1350. The van der Waals surface area contributed by atoms with Crippen LogP contribution < -0.4 is 10.9 Å². The summed E-state index contributed by atoms with van der Waals surface area (Å²) >= 11 is 1.56. The van der Waals surface area contributed by atoms with E-state index in [1.165, 1.54) is 4.68 Å². The van der Waals surface area contributed by atoms with Gasteiger partial charge in [-0.05, 0) is 69.0 Å². The molecule has 9 heteroatoms. The van der Waals surface area contributed by atoms with Crippen LogP contribution in [0.3, 0.4) is 0 Å². The molecule has 0 aliphatic heterocycles. The van der Waals surface area contributed by atoms with E-state index in [0.717, 1.165) is 41.5 Å². The second kappa shape index (κ2) is 14.9. The van der Waals surface area contributed by atoms with Crippen molar-refractivity contribution in [1.29, 1.82) is 0 Å². The molecule has 0 radical (unpaired) electrons. The molecule has 1 amide bonds. The van der Waals surface area contributed by atoms with Crippen molar-refractivity contribution in [3.05, 3.63) is 64.6 Å². The van der Waals surface area contributed by atoms with E-state index in [2.05, 4.69) is 24.3 Å². The molecule has 3 rings (SSSR count). The first-order valence-corrected chi connectivity index (χ1v) is 14.9. The Labute approximate surface area is 240 Å². The van der Waals surface area contributed by atoms with Gasteiger partial charge in [0.2, 0.25) is 0 Å². The number of esters is 1. The second-order valence-electron chi connectivity index (χ2n) is 10.9. The third-order valence-corrected chi connectivity index (χ3v) is 7.32. The van der Waals surface area contributed by atoms with Gasteiger partial charge in [-0.2, -0.15) is 5.10 Å². The number of ether oxygens (including phenoxy) is 2. The molecular weight excluding hydrogens is 526 g/mol. The fraction of sp³-hybridized carbons (Fsp3) is 0.484. The number of benzene rings is 2. The maximum absolute atomic E-state index is 13.1. The standard InChI is InChI=1S/C31H41N3O5S/c1-6-8-10-22(7-2)21-38-28(35)15-16-40-26-13-14-27-24(18-26)19-32-34(29(27)36)20-23-11-9-12-25(17-23)33-30(37)39-31(3,4)5/h9,11-14,17-19,22H,6-8,10,15-16,20-21H2,1-5H3,(H,33,37). The molecule has 0 aliphatic rings. The molecule has 0 aliphatic carbocycles. The monoisotopic (exact) mass is 567 g/mol. The first-order chi connectivity index (χ1) is 19.1. The lowest BCUT2D eigenvalue weighted by molar-refractivity contribution is -0.144. The van der Waals surface area contributed by atoms with Gasteiger partial charge in [-0.25, -0.2) is 9.48 Å². The predicted molar refractivity (Wildman–Crippen MR) is 161 cm³/mol. The van der Waals surface area contributed by atoms with E-state index < -0.39 is 11.7 Å². The van der Waals surface area contributed by atoms with Crippen LogP contribution in [0, 0.1) is 5.92 Å². The minimum absolute atomic E-state index is 0.168. The lowest BCUT2D eigenvalue weighted by atomic mass is 10.0. The summed E-state index contributed by atoms with van der Waals surface area (Å²) in [5.74, 6) is 0.874. The maximum atomic E-state index is 13.1. The summed E-state index contributed by atoms with van der Waals surface area (Å²) in [6.07, 6.45) is 5.91. The van der Waals surface area contributed by atoms with Gasteiger partial charge >= 0.3 is 12.1 Å². The van der Waals surface area contributed by atoms with E-state index in [9.17, 15) is 14.4 Å². The number of carbonyl (C=O) groups is 2. The Morgan fingerprint density at radius 2 is 1.93 bits per heavy atom. The van der Waals surface area contributed by atoms with E-state index in [0.29, 0.717) is 35.8 Å². The molecule has 1 N–H and O–H groups in total. The summed E-state index contributed by atoms with van der Waals surface area (Å²) in [4.78, 5) is 38.4. The van der Waals surface area contributed by atoms with Gasteiger partial charge in [0.15, 0.2) is 0 Å². The smallest absolute Gasteiger partial charge is 0.412 e. The van der Waals surface area contributed by atoms with E-state index in [1.807, 2.05) is 24.3 Å². The summed E-state index contributed by atoms with van der Waals surface area (Å²) in [5, 5.41) is 8.40. The SMILES string of the molecule is CCCCC(CC)COC(=O)CCSc1ccc2c(=O)n(Cc3cccc(NC(=O)OC(C)(C)C)c3)ncc2c1. The molecule has 1 aromatic heterocycles. The van der Waals surface area contributed by atoms with Crippen LogP contribution in [0.15, 0.2) is 58.4 Å². The van der Waals surface area contributed by atoms with Crippen molar-refractivity contribution < 1.29 is 19.1 Å². The largest absolute Gasteiger partial charge is 0.465 e. The van der Waals surface area contributed by atoms with Crippen molar-refractivity contribution in [2.24, 2.45) is 5.92 Å². The van der Waals surface area contributed by atoms with Crippen molar-refractivity contribution in [3.63, 3.8) is 0 Å². The molecule has 0 bridgehead atoms. The number of rotatable bonds is 13. The first kappa shape index (κ1) is 31.2. The van der Waals surface area contributed by atoms with Crippen LogP contribution >= 0.6 is 11.8 Å². The van der Waals surface area contributed by atoms with Gasteiger partial charge in [0.1, 0.15) is 5.60 Å². The highest BCUT2D eigenvalue weighted by Gasteiger charge is 2.16. The summed E-state index contributed by atoms with van der Waals surface area (Å²) in [7, 11) is 0. The maximum Gasteiger partial charge on any atom is 0.412 e. The molecule has 1 atom stereocenters. The molecule has 3 aromatic rings. The van der Waals surface area contributed by atoms with Crippen molar-refractivity contribution in [2.45, 2.75) is 83.8 Å². The van der Waals surface area contributed by atoms with E-state index in [-0.39, 0.29) is 18.1 Å². The Kier molecular flexibility index (Phi) is 11.6. The Morgan fingerprint density at radius 1 is 1.12 bits per heavy atom. The highest BCUT2D eigenvalue weighted by molar-refractivity contribution is 7.99. The minimum atomic E-state index is -0.597. The van der Waals surface area contributed by atoms with Crippen molar-refractivity contribution >= 4 is 40.3 Å². The number of nitrogens with one attached hydrogen (secondary N) is 1. The van der Waals surface area contributed by atoms with Crippen LogP contribution in [-0.2, 0) is 20.8 Å². The van der Waals surface area contributed by atoms with Crippen molar-refractivity contribution in [2.75, 3.05) is 17.7 Å². The van der Waals surface area contributed by atoms with Crippen LogP contribution in [0.25, 0.3) is 10.8 Å². The number of anilines is 1. The van der Waals surface area contributed by atoms with Gasteiger partial charge in [-0.15, -0.1) is 11.8 Å². The minimum Gasteiger partial charge on any atom is -0.465 e. The summed E-state index contributed by atoms with van der Waals surface area (Å²) < 4.78 is 12.2. The van der Waals surface area contributed by atoms with Gasteiger partial charge in [0, 0.05) is 21.7 Å². The number of fused-ring (bicyclic) bond motifs is 1. The molecule has 0 fully saturated rings. The molecular formula is C31H41N3O5S. The van der Waals surface area contributed by atoms with Gasteiger partial charge in [-0.1, -0.05) is 45.2 Å². The molecule has 8 nitrogen and oxygen atoms in total. The fourth-order valence-corrected chi connectivity index (χ4v) is 5.02. The fourth-order valence-electron chi connectivity index (χ4n) is 4.14. The van der Waals surface area contributed by atoms with Crippen LogP contribution in [0.1, 0.15) is 72.3 Å². The molecule has 1 unspecified atom stereocenters. The van der Waals surface area contributed by atoms with Gasteiger partial charge in [0.05, 0.1) is 31.2 Å². The Balaban J connectivity index is 1.57. The molecule has 216 valence electrons. The lowest BCUT2D eigenvalue weighted by Crippen LogP contribution is -2.27. The van der Waals surface area contributed by atoms with Crippen LogP contribution in [-0.4, -0.2) is 39.8 Å². The average molecular weight is 568 g/mol. The van der Waals surface area contributed by atoms with E-state index >= 15 is 0 Å². The zero-order chi connectivity index (χ0) is 29.1. The number of carbonyl (C=O) groups excluding carboxylic acids is 2. The number of unbranched alkanes of at least 4 members (excludes halogenated alkanes) is 1. The predicted octanol–water partition coefficient (Wildman–Crippen LogP) is 7.03.